The van der Waals surface area contributed by atoms with Gasteiger partial charge in [0, 0.05) is 32.2 Å². The van der Waals surface area contributed by atoms with Crippen LogP contribution in [0.2, 0.25) is 0 Å². The van der Waals surface area contributed by atoms with Gasteiger partial charge in [-0.05, 0) is 30.4 Å². The Kier molecular flexibility index (Phi) is 7.64. The molecule has 0 radical (unpaired) electrons. The van der Waals surface area contributed by atoms with Gasteiger partial charge < -0.3 is 15.5 Å². The van der Waals surface area contributed by atoms with Crippen molar-refractivity contribution in [3.8, 4) is 0 Å². The van der Waals surface area contributed by atoms with Crippen LogP contribution in [-0.4, -0.2) is 35.8 Å². The number of hydrogen-bond donors (Lipinski definition) is 1. The molecule has 1 atom stereocenters. The first-order chi connectivity index (χ1) is 12.4. The van der Waals surface area contributed by atoms with Gasteiger partial charge in [-0.3, -0.25) is 9.59 Å². The number of benzene rings is 1. The number of para-hydroxylation sites is 1. The predicted octanol–water partition coefficient (Wildman–Crippen LogP) is 3.32. The van der Waals surface area contributed by atoms with Crippen LogP contribution in [0.4, 0.5) is 5.69 Å². The minimum absolute atomic E-state index is 0.00115. The minimum Gasteiger partial charge on any atom is -0.337 e. The van der Waals surface area contributed by atoms with E-state index in [9.17, 15) is 9.59 Å². The Hall–Kier alpha value is -1.88. The standard InChI is InChI=1S/C21H33N3O2/c1-16(2)20(22)21(26)23-13-9-5-4-6-10-14-24(17(3)25)19-12-8-7-11-18(19)15-23/h7-8,11-12,16,20H,4-6,9-10,13-15,22H2,1-3H3/t20-/m1/s1. The molecular formula is C21H33N3O2. The fourth-order valence-electron chi connectivity index (χ4n) is 3.43. The number of anilines is 1. The quantitative estimate of drug-likeness (QED) is 0.881. The second-order valence-electron chi connectivity index (χ2n) is 7.60. The van der Waals surface area contributed by atoms with Crippen molar-refractivity contribution in [3.63, 3.8) is 0 Å². The maximum absolute atomic E-state index is 12.9. The van der Waals surface area contributed by atoms with Crippen LogP contribution in [0.1, 0.15) is 58.4 Å². The Morgan fingerprint density at radius 2 is 1.62 bits per heavy atom. The molecule has 0 saturated heterocycles. The van der Waals surface area contributed by atoms with Crippen molar-refractivity contribution >= 4 is 17.5 Å². The van der Waals surface area contributed by atoms with Crippen molar-refractivity contribution in [2.45, 2.75) is 65.5 Å². The topological polar surface area (TPSA) is 66.6 Å². The van der Waals surface area contributed by atoms with Crippen molar-refractivity contribution in [2.75, 3.05) is 18.0 Å². The summed E-state index contributed by atoms with van der Waals surface area (Å²) in [6, 6.07) is 7.42. The Labute approximate surface area is 157 Å². The van der Waals surface area contributed by atoms with Crippen LogP contribution in [0.25, 0.3) is 0 Å². The third kappa shape index (κ3) is 5.31. The van der Waals surface area contributed by atoms with E-state index in [2.05, 4.69) is 0 Å². The molecule has 1 aliphatic heterocycles. The van der Waals surface area contributed by atoms with E-state index in [1.165, 1.54) is 0 Å². The largest absolute Gasteiger partial charge is 0.337 e. The summed E-state index contributed by atoms with van der Waals surface area (Å²) in [5, 5.41) is 0. The molecule has 1 heterocycles. The zero-order valence-electron chi connectivity index (χ0n) is 16.4. The van der Waals surface area contributed by atoms with Crippen LogP contribution in [0.15, 0.2) is 24.3 Å². The summed E-state index contributed by atoms with van der Waals surface area (Å²) in [5.74, 6) is 0.153. The van der Waals surface area contributed by atoms with Gasteiger partial charge in [0.05, 0.1) is 6.04 Å². The molecule has 1 aliphatic rings. The summed E-state index contributed by atoms with van der Waals surface area (Å²) >= 11 is 0. The molecule has 0 aromatic heterocycles. The predicted molar refractivity (Wildman–Crippen MR) is 106 cm³/mol. The zero-order valence-corrected chi connectivity index (χ0v) is 16.4. The van der Waals surface area contributed by atoms with Gasteiger partial charge in [0.15, 0.2) is 0 Å². The third-order valence-electron chi connectivity index (χ3n) is 5.15. The fourth-order valence-corrected chi connectivity index (χ4v) is 3.43. The Bertz CT molecular complexity index is 615. The van der Waals surface area contributed by atoms with Crippen molar-refractivity contribution in [1.82, 2.24) is 4.90 Å². The molecular weight excluding hydrogens is 326 g/mol. The van der Waals surface area contributed by atoms with Crippen LogP contribution in [0.3, 0.4) is 0 Å². The highest BCUT2D eigenvalue weighted by atomic mass is 16.2. The second-order valence-corrected chi connectivity index (χ2v) is 7.60. The van der Waals surface area contributed by atoms with E-state index in [0.29, 0.717) is 13.1 Å². The first-order valence-corrected chi connectivity index (χ1v) is 9.82. The lowest BCUT2D eigenvalue weighted by atomic mass is 10.0. The first kappa shape index (κ1) is 20.4. The van der Waals surface area contributed by atoms with Crippen molar-refractivity contribution in [3.05, 3.63) is 29.8 Å². The van der Waals surface area contributed by atoms with E-state index < -0.39 is 6.04 Å². The van der Waals surface area contributed by atoms with Crippen LogP contribution in [0, 0.1) is 5.92 Å². The van der Waals surface area contributed by atoms with E-state index >= 15 is 0 Å². The first-order valence-electron chi connectivity index (χ1n) is 9.82. The Balaban J connectivity index is 2.34. The number of rotatable bonds is 2. The summed E-state index contributed by atoms with van der Waals surface area (Å²) in [7, 11) is 0. The van der Waals surface area contributed by atoms with Crippen LogP contribution in [-0.2, 0) is 16.1 Å². The second kappa shape index (κ2) is 9.72. The molecule has 0 saturated carbocycles. The average molecular weight is 360 g/mol. The number of amides is 2. The molecule has 0 spiro atoms. The summed E-state index contributed by atoms with van der Waals surface area (Å²) in [6.45, 7) is 7.51. The van der Waals surface area contributed by atoms with Crippen LogP contribution < -0.4 is 10.6 Å². The normalized spacial score (nSPS) is 17.9. The lowest BCUT2D eigenvalue weighted by Gasteiger charge is -2.31. The highest BCUT2D eigenvalue weighted by Crippen LogP contribution is 2.24. The van der Waals surface area contributed by atoms with Crippen molar-refractivity contribution in [2.24, 2.45) is 11.7 Å². The average Bonchev–Trinajstić information content (AvgIpc) is 2.60. The highest BCUT2D eigenvalue weighted by molar-refractivity contribution is 5.92. The van der Waals surface area contributed by atoms with Crippen molar-refractivity contribution in [1.29, 1.82) is 0 Å². The maximum Gasteiger partial charge on any atom is 0.240 e. The number of carbonyl (C=O) groups is 2. The number of nitrogens with two attached hydrogens (primary N) is 1. The number of carbonyl (C=O) groups excluding carboxylic acids is 2. The minimum atomic E-state index is -0.487. The zero-order chi connectivity index (χ0) is 19.1. The molecule has 0 unspecified atom stereocenters. The lowest BCUT2D eigenvalue weighted by molar-refractivity contribution is -0.134. The molecule has 5 heteroatoms. The van der Waals surface area contributed by atoms with E-state index in [4.69, 9.17) is 5.73 Å². The molecule has 1 aromatic rings. The molecule has 0 aliphatic carbocycles. The monoisotopic (exact) mass is 359 g/mol. The fraction of sp³-hybridized carbons (Fsp3) is 0.619. The van der Waals surface area contributed by atoms with Gasteiger partial charge in [-0.25, -0.2) is 0 Å². The number of fused-ring (bicyclic) bond motifs is 1. The van der Waals surface area contributed by atoms with E-state index in [0.717, 1.165) is 49.9 Å². The van der Waals surface area contributed by atoms with E-state index in [-0.39, 0.29) is 17.7 Å². The molecule has 2 amide bonds. The molecule has 5 nitrogen and oxygen atoms in total. The van der Waals surface area contributed by atoms with Crippen molar-refractivity contribution < 1.29 is 9.59 Å². The van der Waals surface area contributed by atoms with Gasteiger partial charge in [0.1, 0.15) is 0 Å². The van der Waals surface area contributed by atoms with Gasteiger partial charge >= 0.3 is 0 Å². The molecule has 1 aromatic carbocycles. The summed E-state index contributed by atoms with van der Waals surface area (Å²) in [5.41, 5.74) is 8.07. The maximum atomic E-state index is 12.9. The van der Waals surface area contributed by atoms with Gasteiger partial charge in [0.25, 0.3) is 0 Å². The van der Waals surface area contributed by atoms with Gasteiger partial charge in [-0.15, -0.1) is 0 Å². The van der Waals surface area contributed by atoms with Crippen LogP contribution >= 0.6 is 0 Å². The SMILES string of the molecule is CC(=O)N1CCCCCCCN(C(=O)[C@H](N)C(C)C)Cc2ccccc21. The molecule has 2 rings (SSSR count). The summed E-state index contributed by atoms with van der Waals surface area (Å²) in [4.78, 5) is 28.8. The molecule has 0 bridgehead atoms. The lowest BCUT2D eigenvalue weighted by Crippen LogP contribution is -2.46. The van der Waals surface area contributed by atoms with E-state index in [1.807, 2.05) is 47.9 Å². The smallest absolute Gasteiger partial charge is 0.240 e. The highest BCUT2D eigenvalue weighted by Gasteiger charge is 2.25. The number of hydrogen-bond acceptors (Lipinski definition) is 3. The Morgan fingerprint density at radius 3 is 2.27 bits per heavy atom. The summed E-state index contributed by atoms with van der Waals surface area (Å²) in [6.07, 6.45) is 5.34. The van der Waals surface area contributed by atoms with Gasteiger partial charge in [-0.2, -0.15) is 0 Å². The molecule has 2 N–H and O–H groups in total. The third-order valence-corrected chi connectivity index (χ3v) is 5.15. The number of nitrogens with zero attached hydrogens (tertiary/aromatic N) is 2. The Morgan fingerprint density at radius 1 is 1.00 bits per heavy atom. The molecule has 0 fully saturated rings. The summed E-state index contributed by atoms with van der Waals surface area (Å²) < 4.78 is 0. The van der Waals surface area contributed by atoms with Crippen LogP contribution in [0.5, 0.6) is 0 Å². The molecule has 144 valence electrons. The molecule has 26 heavy (non-hydrogen) atoms. The van der Waals surface area contributed by atoms with E-state index in [1.54, 1.807) is 6.92 Å². The van der Waals surface area contributed by atoms with Gasteiger partial charge in [-0.1, -0.05) is 51.3 Å². The van der Waals surface area contributed by atoms with Gasteiger partial charge in [0.2, 0.25) is 11.8 Å².